The molecule has 0 spiro atoms. The first-order valence-corrected chi connectivity index (χ1v) is 14.4. The van der Waals surface area contributed by atoms with Crippen LogP contribution in [0.4, 0.5) is 52.7 Å². The molecule has 31 heavy (non-hydrogen) atoms. The summed E-state index contributed by atoms with van der Waals surface area (Å²) in [6, 6.07) is 0. The molecule has 0 bridgehead atoms. The number of sulfonamides is 4. The predicted molar refractivity (Wildman–Crippen MR) is 69.3 cm³/mol. The van der Waals surface area contributed by atoms with Crippen LogP contribution in [-0.4, -0.2) is 82.8 Å². The van der Waals surface area contributed by atoms with Crippen molar-refractivity contribution in [1.82, 2.24) is 3.31 Å². The first-order valence-electron chi connectivity index (χ1n) is 5.55. The Morgan fingerprint density at radius 3 is 0.613 bits per heavy atom. The molecule has 0 amide bonds. The van der Waals surface area contributed by atoms with Gasteiger partial charge in [0.1, 0.15) is 0 Å². The molecule has 2 radical (unpaired) electrons. The number of hydrogen-bond acceptors (Lipinski definition) is 8. The molecule has 186 valence electrons. The monoisotopic (exact) mass is 769 g/mol. The molecule has 0 unspecified atom stereocenters. The van der Waals surface area contributed by atoms with Crippen LogP contribution in [0.1, 0.15) is 0 Å². The van der Waals surface area contributed by atoms with Crippen LogP contribution in [0.5, 0.6) is 0 Å². The maximum absolute atomic E-state index is 12.5. The molecule has 0 aliphatic heterocycles. The fourth-order valence-corrected chi connectivity index (χ4v) is 18.5. The van der Waals surface area contributed by atoms with Gasteiger partial charge in [0.2, 0.25) is 0 Å². The molecular weight excluding hydrogens is 769 g/mol. The molecule has 0 fully saturated rings. The number of hydrogen-bond donors (Lipinski definition) is 0. The van der Waals surface area contributed by atoms with E-state index in [1.807, 2.05) is 0 Å². The second-order valence-corrected chi connectivity index (χ2v) is 20.1. The minimum absolute atomic E-state index is 3.06. The van der Waals surface area contributed by atoms with Crippen LogP contribution in [0.3, 0.4) is 0 Å². The van der Waals surface area contributed by atoms with Gasteiger partial charge in [-0.2, -0.15) is 0 Å². The Bertz CT molecular complexity index is 933. The van der Waals surface area contributed by atoms with Crippen molar-refractivity contribution in [3.8, 4) is 0 Å². The number of alkyl halides is 12. The molecule has 0 heterocycles. The molecule has 0 aromatic heterocycles. The van der Waals surface area contributed by atoms with Crippen LogP contribution >= 0.6 is 0 Å². The van der Waals surface area contributed by atoms with Gasteiger partial charge in [-0.1, -0.05) is 0 Å². The quantitative estimate of drug-likeness (QED) is 0.282. The van der Waals surface area contributed by atoms with Gasteiger partial charge in [0.05, 0.1) is 0 Å². The van der Waals surface area contributed by atoms with Crippen molar-refractivity contribution in [1.29, 1.82) is 0 Å². The van der Waals surface area contributed by atoms with Crippen LogP contribution in [0.15, 0.2) is 0 Å². The summed E-state index contributed by atoms with van der Waals surface area (Å²) < 4.78 is 233. The van der Waals surface area contributed by atoms with Crippen molar-refractivity contribution in [2.24, 2.45) is 0 Å². The molecule has 0 aliphatic rings. The third kappa shape index (κ3) is 5.64. The Morgan fingerprint density at radius 2 is 0.516 bits per heavy atom. The third-order valence-corrected chi connectivity index (χ3v) is 22.2. The average molecular weight is 769 g/mol. The number of rotatable bonds is 6. The van der Waals surface area contributed by atoms with Gasteiger partial charge in [-0.25, -0.2) is 0 Å². The molecule has 0 saturated heterocycles. The van der Waals surface area contributed by atoms with Crippen LogP contribution in [-0.2, 0) is 40.1 Å². The normalized spacial score (nSPS) is 16.2. The Labute approximate surface area is 175 Å². The summed E-state index contributed by atoms with van der Waals surface area (Å²) in [4.78, 5) is 0. The third-order valence-electron chi connectivity index (χ3n) is 2.14. The maximum atomic E-state index is 12.5. The van der Waals surface area contributed by atoms with Crippen molar-refractivity contribution in [3.63, 3.8) is 0 Å². The van der Waals surface area contributed by atoms with Gasteiger partial charge >= 0.3 is 176 Å². The van der Waals surface area contributed by atoms with E-state index in [2.05, 4.69) is 0 Å². The molecule has 10 nitrogen and oxygen atoms in total. The van der Waals surface area contributed by atoms with Gasteiger partial charge in [-0.15, -0.1) is 0 Å². The van der Waals surface area contributed by atoms with E-state index in [1.165, 1.54) is 0 Å². The van der Waals surface area contributed by atoms with Gasteiger partial charge in [0.15, 0.2) is 0 Å². The summed E-state index contributed by atoms with van der Waals surface area (Å²) in [5.74, 6) is 0. The zero-order chi connectivity index (χ0) is 25.9. The fraction of sp³-hybridized carbons (Fsp3) is 1.00. The van der Waals surface area contributed by atoms with E-state index < -0.39 is 89.3 Å². The first kappa shape index (κ1) is 30.8. The van der Waals surface area contributed by atoms with Crippen molar-refractivity contribution >= 4 is 63.9 Å². The summed E-state index contributed by atoms with van der Waals surface area (Å²) in [6.45, 7) is 0. The molecule has 0 aliphatic carbocycles. The van der Waals surface area contributed by atoms with Crippen molar-refractivity contribution in [2.45, 2.75) is 22.0 Å². The summed E-state index contributed by atoms with van der Waals surface area (Å²) in [5, 5.41) is 0. The number of halogens is 12. The summed E-state index contributed by atoms with van der Waals surface area (Å²) in [6.07, 6.45) is 0. The molecule has 0 atom stereocenters. The van der Waals surface area contributed by atoms with Gasteiger partial charge in [0, 0.05) is 0 Å². The van der Waals surface area contributed by atoms with Gasteiger partial charge in [0.25, 0.3) is 0 Å². The molecule has 27 heteroatoms. The topological polar surface area (TPSA) is 143 Å². The standard InChI is InChI=1S/2C2F6NO4S2.Bi/c2*3-1(4,5)14(10,11)9-15(12,13)2(6,7)8;/q2*-1;+3. The van der Waals surface area contributed by atoms with E-state index in [-0.39, 0.29) is 0 Å². The van der Waals surface area contributed by atoms with Crippen molar-refractivity contribution in [3.05, 3.63) is 0 Å². The average Bonchev–Trinajstić information content (AvgIpc) is 2.41. The van der Waals surface area contributed by atoms with E-state index in [1.54, 1.807) is 0 Å². The van der Waals surface area contributed by atoms with E-state index >= 15 is 0 Å². The van der Waals surface area contributed by atoms with E-state index in [0.717, 1.165) is 0 Å². The summed E-state index contributed by atoms with van der Waals surface area (Å²) in [5.41, 5.74) is -28.7. The Kier molecular flexibility index (Phi) is 8.15. The second-order valence-electron chi connectivity index (χ2n) is 4.25. The van der Waals surface area contributed by atoms with Gasteiger partial charge < -0.3 is 0 Å². The summed E-state index contributed by atoms with van der Waals surface area (Å²) in [7, 11) is -32.3. The molecule has 0 aromatic rings. The van der Waals surface area contributed by atoms with E-state index in [0.29, 0.717) is 0 Å². The van der Waals surface area contributed by atoms with Crippen LogP contribution < -0.4 is 0 Å². The molecule has 0 aromatic carbocycles. The molecule has 0 rings (SSSR count). The Morgan fingerprint density at radius 1 is 0.387 bits per heavy atom. The minimum atomic E-state index is -8.09. The van der Waals surface area contributed by atoms with Crippen molar-refractivity contribution in [2.75, 3.05) is 0 Å². The van der Waals surface area contributed by atoms with Crippen LogP contribution in [0, 0.1) is 0 Å². The van der Waals surface area contributed by atoms with Crippen molar-refractivity contribution < 1.29 is 86.4 Å². The first-order chi connectivity index (χ1) is 13.0. The second kappa shape index (κ2) is 8.21. The number of nitrogens with zero attached hydrogens (tertiary/aromatic N) is 2. The molecule has 0 N–H and O–H groups in total. The Balaban J connectivity index is 7.46. The van der Waals surface area contributed by atoms with E-state index in [9.17, 15) is 86.4 Å². The van der Waals surface area contributed by atoms with E-state index in [4.69, 9.17) is 0 Å². The van der Waals surface area contributed by atoms with Crippen LogP contribution in [0.2, 0.25) is 0 Å². The molecular formula is C4BiF12N2O8S4+. The zero-order valence-corrected chi connectivity index (χ0v) is 19.5. The fourth-order valence-electron chi connectivity index (χ4n) is 0.864. The Hall–Kier alpha value is -0.237. The van der Waals surface area contributed by atoms with Crippen LogP contribution in [0.25, 0.3) is 0 Å². The zero-order valence-electron chi connectivity index (χ0n) is 12.8. The molecule has 0 saturated carbocycles. The van der Waals surface area contributed by atoms with Gasteiger partial charge in [-0.05, 0) is 0 Å². The van der Waals surface area contributed by atoms with Gasteiger partial charge in [-0.3, -0.25) is 0 Å². The predicted octanol–water partition coefficient (Wildman–Crippen LogP) is 0.523. The summed E-state index contributed by atoms with van der Waals surface area (Å²) >= 11 is -6.59. The SMILES string of the molecule is O=S(=O)([N]([Bi+][N](S(=O)(=O)C(F)(F)F)S(=O)(=O)C(F)(F)F)S(=O)(=O)C(F)(F)F)C(F)(F)F.